The summed E-state index contributed by atoms with van der Waals surface area (Å²) in [7, 11) is 4.58. The fraction of sp³-hybridized carbons (Fsp3) is 0.800. The fourth-order valence-corrected chi connectivity index (χ4v) is 2.85. The minimum atomic E-state index is -0.812. The largest absolute Gasteiger partial charge is 0.446 e. The standard InChI is InChI=1S/C25H48N4O14/c1-5-39-43-29(32)11-7-22(17-35-4)18-40-41-21-26-8-16-36-12-6-13-37-19-23(42-25(31)28-10-15-34-3)20-38-24(30)27-9-14-33-2/h5,21-23,32H,1,6-20H2,2-4H3,(H,27,30)(H,28,31)/b26-21+. The van der Waals surface area contributed by atoms with Crippen LogP contribution in [0.3, 0.4) is 0 Å². The molecule has 43 heavy (non-hydrogen) atoms. The number of hydroxylamine groups is 2. The highest BCUT2D eigenvalue weighted by atomic mass is 17.3. The van der Waals surface area contributed by atoms with Crippen LogP contribution >= 0.6 is 0 Å². The Morgan fingerprint density at radius 1 is 0.884 bits per heavy atom. The van der Waals surface area contributed by atoms with E-state index in [1.165, 1.54) is 20.6 Å². The van der Waals surface area contributed by atoms with Crippen LogP contribution < -0.4 is 10.6 Å². The molecule has 0 aromatic heterocycles. The number of rotatable bonds is 30. The van der Waals surface area contributed by atoms with E-state index in [0.717, 1.165) is 6.26 Å². The highest BCUT2D eigenvalue weighted by Gasteiger charge is 2.17. The molecule has 0 bridgehead atoms. The first-order chi connectivity index (χ1) is 21.0. The van der Waals surface area contributed by atoms with Crippen molar-refractivity contribution in [1.82, 2.24) is 15.9 Å². The van der Waals surface area contributed by atoms with Gasteiger partial charge in [0.25, 0.3) is 0 Å². The molecule has 2 amide bonds. The molecule has 0 saturated heterocycles. The SMILES string of the molecule is C=COON(O)CCC(COC)COO/C=N/CCOCCCOCC(COC(=O)NCCOC)OC(=O)NCCOC. The molecule has 0 aliphatic heterocycles. The average Bonchev–Trinajstić information content (AvgIpc) is 2.99. The first-order valence-electron chi connectivity index (χ1n) is 13.6. The number of hydrogen-bond acceptors (Lipinski definition) is 16. The molecule has 0 aliphatic carbocycles. The molecule has 18 nitrogen and oxygen atoms in total. The smallest absolute Gasteiger partial charge is 0.407 e. The Bertz CT molecular complexity index is 707. The van der Waals surface area contributed by atoms with Crippen LogP contribution in [-0.2, 0) is 52.8 Å². The third kappa shape index (κ3) is 27.8. The Morgan fingerprint density at radius 3 is 2.30 bits per heavy atom. The van der Waals surface area contributed by atoms with Gasteiger partial charge >= 0.3 is 12.2 Å². The van der Waals surface area contributed by atoms with E-state index in [-0.39, 0.29) is 45.4 Å². The second kappa shape index (κ2) is 30.6. The van der Waals surface area contributed by atoms with Crippen molar-refractivity contribution < 1.29 is 67.6 Å². The predicted octanol–water partition coefficient (Wildman–Crippen LogP) is 0.851. The van der Waals surface area contributed by atoms with Crippen LogP contribution in [0.4, 0.5) is 9.59 Å². The molecule has 0 spiro atoms. The van der Waals surface area contributed by atoms with Crippen molar-refractivity contribution in [2.45, 2.75) is 18.9 Å². The third-order valence-electron chi connectivity index (χ3n) is 4.89. The zero-order valence-corrected chi connectivity index (χ0v) is 25.3. The summed E-state index contributed by atoms with van der Waals surface area (Å²) < 4.78 is 36.3. The van der Waals surface area contributed by atoms with Crippen LogP contribution in [0.25, 0.3) is 0 Å². The highest BCUT2D eigenvalue weighted by molar-refractivity contribution is 5.68. The fourth-order valence-electron chi connectivity index (χ4n) is 2.85. The van der Waals surface area contributed by atoms with Crippen LogP contribution in [0.2, 0.25) is 0 Å². The van der Waals surface area contributed by atoms with Gasteiger partial charge in [-0.15, -0.1) is 0 Å². The van der Waals surface area contributed by atoms with Crippen molar-refractivity contribution >= 4 is 18.6 Å². The molecule has 3 N–H and O–H groups in total. The predicted molar refractivity (Wildman–Crippen MR) is 149 cm³/mol. The van der Waals surface area contributed by atoms with Gasteiger partial charge in [0.05, 0.1) is 52.7 Å². The van der Waals surface area contributed by atoms with Crippen molar-refractivity contribution in [3.63, 3.8) is 0 Å². The number of amides is 2. The molecule has 0 heterocycles. The average molecular weight is 629 g/mol. The van der Waals surface area contributed by atoms with E-state index in [2.05, 4.69) is 32.1 Å². The molecule has 0 aliphatic rings. The van der Waals surface area contributed by atoms with Crippen LogP contribution in [0, 0.1) is 5.92 Å². The number of nitrogens with one attached hydrogen (secondary N) is 2. The summed E-state index contributed by atoms with van der Waals surface area (Å²) in [5.41, 5.74) is 0. The molecule has 0 aromatic carbocycles. The minimum Gasteiger partial charge on any atom is -0.446 e. The van der Waals surface area contributed by atoms with Gasteiger partial charge in [0, 0.05) is 53.6 Å². The zero-order valence-electron chi connectivity index (χ0n) is 25.3. The summed E-state index contributed by atoms with van der Waals surface area (Å²) >= 11 is 0. The van der Waals surface area contributed by atoms with E-state index in [1.54, 1.807) is 7.11 Å². The van der Waals surface area contributed by atoms with Gasteiger partial charge in [-0.25, -0.2) is 9.59 Å². The summed E-state index contributed by atoms with van der Waals surface area (Å²) in [5, 5.41) is 15.0. The summed E-state index contributed by atoms with van der Waals surface area (Å²) in [4.78, 5) is 46.6. The summed E-state index contributed by atoms with van der Waals surface area (Å²) in [6.45, 7) is 6.51. The van der Waals surface area contributed by atoms with Crippen molar-refractivity contribution in [2.75, 3.05) is 107 Å². The molecule has 0 fully saturated rings. The number of aliphatic imine (C=N–C) groups is 1. The monoisotopic (exact) mass is 628 g/mol. The number of hydrogen-bond donors (Lipinski definition) is 3. The molecule has 2 atom stereocenters. The lowest BCUT2D eigenvalue weighted by Gasteiger charge is -2.18. The molecule has 2 unspecified atom stereocenters. The van der Waals surface area contributed by atoms with Gasteiger partial charge in [-0.3, -0.25) is 10.2 Å². The topological polar surface area (TPSA) is 196 Å². The van der Waals surface area contributed by atoms with Gasteiger partial charge in [-0.05, 0) is 18.1 Å². The summed E-state index contributed by atoms with van der Waals surface area (Å²) in [6.07, 6.45) is 1.09. The first kappa shape index (κ1) is 40.2. The van der Waals surface area contributed by atoms with E-state index in [1.807, 2.05) is 0 Å². The van der Waals surface area contributed by atoms with Gasteiger partial charge in [0.2, 0.25) is 6.40 Å². The van der Waals surface area contributed by atoms with E-state index in [4.69, 9.17) is 42.9 Å². The Labute approximate surface area is 252 Å². The third-order valence-corrected chi connectivity index (χ3v) is 4.89. The van der Waals surface area contributed by atoms with Crippen molar-refractivity contribution in [1.29, 1.82) is 0 Å². The van der Waals surface area contributed by atoms with E-state index in [9.17, 15) is 14.8 Å². The summed E-state index contributed by atoms with van der Waals surface area (Å²) in [6, 6.07) is 0. The molecule has 0 radical (unpaired) electrons. The maximum atomic E-state index is 11.9. The maximum Gasteiger partial charge on any atom is 0.407 e. The summed E-state index contributed by atoms with van der Waals surface area (Å²) in [5.74, 6) is -0.0797. The molecule has 252 valence electrons. The van der Waals surface area contributed by atoms with Gasteiger partial charge < -0.3 is 53.6 Å². The second-order valence-corrected chi connectivity index (χ2v) is 8.42. The van der Waals surface area contributed by atoms with E-state index >= 15 is 0 Å². The lowest BCUT2D eigenvalue weighted by atomic mass is 10.1. The van der Waals surface area contributed by atoms with Gasteiger partial charge in [0.15, 0.2) is 6.10 Å². The molecule has 0 aromatic rings. The number of nitrogens with zero attached hydrogens (tertiary/aromatic N) is 2. The Balaban J connectivity index is 4.05. The number of carbonyl (C=O) groups is 2. The quantitative estimate of drug-likeness (QED) is 0.0253. The lowest BCUT2D eigenvalue weighted by molar-refractivity contribution is -0.491. The van der Waals surface area contributed by atoms with Gasteiger partial charge in [0.1, 0.15) is 12.9 Å². The zero-order chi connectivity index (χ0) is 31.8. The van der Waals surface area contributed by atoms with Gasteiger partial charge in [-0.2, -0.15) is 4.89 Å². The lowest BCUT2D eigenvalue weighted by Crippen LogP contribution is -2.37. The molecule has 0 rings (SSSR count). The van der Waals surface area contributed by atoms with Crippen LogP contribution in [0.5, 0.6) is 0 Å². The second-order valence-electron chi connectivity index (χ2n) is 8.42. The first-order valence-corrected chi connectivity index (χ1v) is 13.6. The molecule has 0 saturated carbocycles. The number of alkyl carbamates (subject to hydrolysis) is 2. The van der Waals surface area contributed by atoms with Crippen molar-refractivity contribution in [2.24, 2.45) is 10.9 Å². The number of ether oxygens (including phenoxy) is 7. The molecular formula is C25H48N4O14. The van der Waals surface area contributed by atoms with Crippen LogP contribution in [-0.4, -0.2) is 142 Å². The Hall–Kier alpha value is -2.81. The Morgan fingerprint density at radius 2 is 1.60 bits per heavy atom. The highest BCUT2D eigenvalue weighted by Crippen LogP contribution is 2.06. The Kier molecular flexibility index (Phi) is 28.6. The molecule has 18 heteroatoms. The number of methoxy groups -OCH3 is 3. The van der Waals surface area contributed by atoms with Crippen LogP contribution in [0.15, 0.2) is 17.8 Å². The van der Waals surface area contributed by atoms with Crippen molar-refractivity contribution in [3.8, 4) is 0 Å². The van der Waals surface area contributed by atoms with Crippen LogP contribution in [0.1, 0.15) is 12.8 Å². The molecular weight excluding hydrogens is 580 g/mol. The van der Waals surface area contributed by atoms with Gasteiger partial charge in [-0.1, -0.05) is 11.6 Å². The minimum absolute atomic E-state index is 0.0195. The van der Waals surface area contributed by atoms with E-state index in [0.29, 0.717) is 64.3 Å². The normalized spacial score (nSPS) is 12.6. The number of carbonyl (C=O) groups excluding carboxylic acids is 2. The van der Waals surface area contributed by atoms with Crippen molar-refractivity contribution in [3.05, 3.63) is 12.8 Å². The van der Waals surface area contributed by atoms with E-state index < -0.39 is 18.3 Å². The maximum absolute atomic E-state index is 11.9.